The number of rotatable bonds is 6. The Balaban J connectivity index is 2.00. The highest BCUT2D eigenvalue weighted by Crippen LogP contribution is 2.24. The van der Waals surface area contributed by atoms with Crippen LogP contribution in [0.3, 0.4) is 0 Å². The summed E-state index contributed by atoms with van der Waals surface area (Å²) in [5.41, 5.74) is 0.296. The molecule has 126 valence electrons. The number of amides is 1. The van der Waals surface area contributed by atoms with Crippen LogP contribution in [0.5, 0.6) is 0 Å². The van der Waals surface area contributed by atoms with Gasteiger partial charge in [0.15, 0.2) is 0 Å². The number of nitrogens with zero attached hydrogens (tertiary/aromatic N) is 3. The van der Waals surface area contributed by atoms with Gasteiger partial charge >= 0.3 is 0 Å². The number of carbonyl (C=O) groups is 1. The zero-order valence-corrected chi connectivity index (χ0v) is 13.6. The number of nitro groups is 1. The van der Waals surface area contributed by atoms with Gasteiger partial charge in [-0.05, 0) is 18.6 Å². The molecule has 1 aromatic heterocycles. The maximum Gasteiger partial charge on any atom is 0.288 e. The molecule has 2 aromatic rings. The van der Waals surface area contributed by atoms with E-state index in [0.29, 0.717) is 12.1 Å². The van der Waals surface area contributed by atoms with E-state index < -0.39 is 10.8 Å². The van der Waals surface area contributed by atoms with E-state index >= 15 is 0 Å². The van der Waals surface area contributed by atoms with Gasteiger partial charge in [0.2, 0.25) is 0 Å². The first kappa shape index (κ1) is 17.6. The standard InChI is InChI=1S/C15H15ClN4O4/c1-2-11-8-14(21)19(9-18-11)6-5-17-15(22)10-3-4-12(16)13(7-10)20(23)24/h3-4,7-9H,2,5-6H2,1H3,(H,17,22). The van der Waals surface area contributed by atoms with Gasteiger partial charge in [-0.1, -0.05) is 18.5 Å². The van der Waals surface area contributed by atoms with Gasteiger partial charge in [0.05, 0.1) is 11.3 Å². The Bertz CT molecular complexity index is 834. The molecule has 1 aromatic carbocycles. The van der Waals surface area contributed by atoms with E-state index in [1.807, 2.05) is 6.92 Å². The number of hydrogen-bond acceptors (Lipinski definition) is 5. The van der Waals surface area contributed by atoms with Gasteiger partial charge in [-0.3, -0.25) is 24.3 Å². The molecule has 0 saturated heterocycles. The second kappa shape index (κ2) is 7.69. The zero-order chi connectivity index (χ0) is 17.7. The quantitative estimate of drug-likeness (QED) is 0.631. The van der Waals surface area contributed by atoms with Crippen LogP contribution >= 0.6 is 11.6 Å². The van der Waals surface area contributed by atoms with E-state index in [4.69, 9.17) is 11.6 Å². The van der Waals surface area contributed by atoms with Crippen LogP contribution in [0, 0.1) is 10.1 Å². The summed E-state index contributed by atoms with van der Waals surface area (Å²) in [4.78, 5) is 38.1. The first-order valence-electron chi connectivity index (χ1n) is 7.20. The molecule has 0 spiro atoms. The zero-order valence-electron chi connectivity index (χ0n) is 12.9. The number of nitrogens with one attached hydrogen (secondary N) is 1. The molecule has 0 aliphatic heterocycles. The van der Waals surface area contributed by atoms with Crippen molar-refractivity contribution in [1.82, 2.24) is 14.9 Å². The number of halogens is 1. The molecule has 9 heteroatoms. The third-order valence-corrected chi connectivity index (χ3v) is 3.66. The van der Waals surface area contributed by atoms with Crippen LogP contribution < -0.4 is 10.9 Å². The highest BCUT2D eigenvalue weighted by molar-refractivity contribution is 6.32. The van der Waals surface area contributed by atoms with Crippen LogP contribution in [0.2, 0.25) is 5.02 Å². The first-order valence-corrected chi connectivity index (χ1v) is 7.57. The molecule has 0 bridgehead atoms. The van der Waals surface area contributed by atoms with Crippen molar-refractivity contribution in [2.75, 3.05) is 6.54 Å². The van der Waals surface area contributed by atoms with Crippen molar-refractivity contribution in [3.63, 3.8) is 0 Å². The molecular formula is C15H15ClN4O4. The Hall–Kier alpha value is -2.74. The van der Waals surface area contributed by atoms with E-state index in [1.165, 1.54) is 29.1 Å². The molecule has 1 N–H and O–H groups in total. The molecule has 0 saturated carbocycles. The Morgan fingerprint density at radius 2 is 2.17 bits per heavy atom. The summed E-state index contributed by atoms with van der Waals surface area (Å²) in [5.74, 6) is -0.485. The molecule has 2 rings (SSSR count). The molecule has 8 nitrogen and oxygen atoms in total. The summed E-state index contributed by atoms with van der Waals surface area (Å²) in [6, 6.07) is 5.26. The molecule has 0 aliphatic rings. The minimum absolute atomic E-state index is 0.0369. The van der Waals surface area contributed by atoms with Crippen molar-refractivity contribution < 1.29 is 9.72 Å². The monoisotopic (exact) mass is 350 g/mol. The van der Waals surface area contributed by atoms with E-state index in [-0.39, 0.29) is 34.9 Å². The molecule has 1 heterocycles. The van der Waals surface area contributed by atoms with Crippen LogP contribution in [-0.4, -0.2) is 26.9 Å². The summed E-state index contributed by atoms with van der Waals surface area (Å²) in [6.07, 6.45) is 2.10. The lowest BCUT2D eigenvalue weighted by molar-refractivity contribution is -0.384. The van der Waals surface area contributed by atoms with Crippen LogP contribution in [0.15, 0.2) is 35.4 Å². The smallest absolute Gasteiger partial charge is 0.288 e. The largest absolute Gasteiger partial charge is 0.350 e. The second-order valence-electron chi connectivity index (χ2n) is 4.94. The maximum atomic E-state index is 12.0. The second-order valence-corrected chi connectivity index (χ2v) is 5.35. The number of carbonyl (C=O) groups excluding carboxylic acids is 1. The van der Waals surface area contributed by atoms with Gasteiger partial charge in [-0.2, -0.15) is 0 Å². The van der Waals surface area contributed by atoms with Crippen molar-refractivity contribution in [3.05, 3.63) is 67.3 Å². The summed E-state index contributed by atoms with van der Waals surface area (Å²) >= 11 is 5.70. The van der Waals surface area contributed by atoms with Crippen molar-refractivity contribution in [1.29, 1.82) is 0 Å². The van der Waals surface area contributed by atoms with Crippen LogP contribution in [0.25, 0.3) is 0 Å². The molecule has 0 atom stereocenters. The Morgan fingerprint density at radius 3 is 2.79 bits per heavy atom. The van der Waals surface area contributed by atoms with Crippen molar-refractivity contribution in [2.24, 2.45) is 0 Å². The predicted molar refractivity (Wildman–Crippen MR) is 88.3 cm³/mol. The number of hydrogen-bond donors (Lipinski definition) is 1. The van der Waals surface area contributed by atoms with Crippen LogP contribution in [0.1, 0.15) is 23.0 Å². The highest BCUT2D eigenvalue weighted by atomic mass is 35.5. The number of benzene rings is 1. The van der Waals surface area contributed by atoms with Gasteiger partial charge in [-0.15, -0.1) is 0 Å². The average molecular weight is 351 g/mol. The summed E-state index contributed by atoms with van der Waals surface area (Å²) in [6.45, 7) is 2.33. The molecule has 24 heavy (non-hydrogen) atoms. The van der Waals surface area contributed by atoms with Gasteiger partial charge in [0.1, 0.15) is 5.02 Å². The Morgan fingerprint density at radius 1 is 1.42 bits per heavy atom. The van der Waals surface area contributed by atoms with E-state index in [0.717, 1.165) is 6.07 Å². The lowest BCUT2D eigenvalue weighted by Gasteiger charge is -2.08. The summed E-state index contributed by atoms with van der Waals surface area (Å²) in [5, 5.41) is 13.4. The minimum atomic E-state index is -0.653. The fourth-order valence-corrected chi connectivity index (χ4v) is 2.20. The van der Waals surface area contributed by atoms with Crippen LogP contribution in [-0.2, 0) is 13.0 Å². The summed E-state index contributed by atoms with van der Waals surface area (Å²) in [7, 11) is 0. The predicted octanol–water partition coefficient (Wildman–Crippen LogP) is 1.80. The van der Waals surface area contributed by atoms with Gasteiger partial charge in [0, 0.05) is 36.5 Å². The number of aryl methyl sites for hydroxylation is 1. The Labute approximate surface area is 142 Å². The van der Waals surface area contributed by atoms with Crippen molar-refractivity contribution >= 4 is 23.2 Å². The third-order valence-electron chi connectivity index (χ3n) is 3.34. The normalized spacial score (nSPS) is 10.4. The van der Waals surface area contributed by atoms with Crippen molar-refractivity contribution in [2.45, 2.75) is 19.9 Å². The molecule has 0 aliphatic carbocycles. The first-order chi connectivity index (χ1) is 11.4. The maximum absolute atomic E-state index is 12.0. The average Bonchev–Trinajstić information content (AvgIpc) is 2.56. The Kier molecular flexibility index (Phi) is 5.64. The van der Waals surface area contributed by atoms with Gasteiger partial charge < -0.3 is 5.32 Å². The molecule has 0 radical (unpaired) electrons. The third kappa shape index (κ3) is 4.17. The molecule has 0 unspecified atom stereocenters. The topological polar surface area (TPSA) is 107 Å². The SMILES string of the molecule is CCc1cc(=O)n(CCNC(=O)c2ccc(Cl)c([N+](=O)[O-])c2)cn1. The lowest BCUT2D eigenvalue weighted by atomic mass is 10.2. The van der Waals surface area contributed by atoms with Gasteiger partial charge in [-0.25, -0.2) is 4.98 Å². The number of nitro benzene ring substituents is 1. The molecular weight excluding hydrogens is 336 g/mol. The van der Waals surface area contributed by atoms with Crippen molar-refractivity contribution in [3.8, 4) is 0 Å². The summed E-state index contributed by atoms with van der Waals surface area (Å²) < 4.78 is 1.38. The van der Waals surface area contributed by atoms with Crippen LogP contribution in [0.4, 0.5) is 5.69 Å². The highest BCUT2D eigenvalue weighted by Gasteiger charge is 2.16. The fourth-order valence-electron chi connectivity index (χ4n) is 2.01. The molecule has 1 amide bonds. The van der Waals surface area contributed by atoms with E-state index in [1.54, 1.807) is 0 Å². The van der Waals surface area contributed by atoms with E-state index in [9.17, 15) is 19.7 Å². The minimum Gasteiger partial charge on any atom is -0.350 e. The lowest BCUT2D eigenvalue weighted by Crippen LogP contribution is -2.31. The number of aromatic nitrogens is 2. The fraction of sp³-hybridized carbons (Fsp3) is 0.267. The van der Waals surface area contributed by atoms with E-state index in [2.05, 4.69) is 10.3 Å². The molecule has 0 fully saturated rings. The van der Waals surface area contributed by atoms with Gasteiger partial charge in [0.25, 0.3) is 17.2 Å².